The van der Waals surface area contributed by atoms with Crippen molar-refractivity contribution in [2.24, 2.45) is 5.41 Å². The second kappa shape index (κ2) is 2.94. The van der Waals surface area contributed by atoms with Crippen molar-refractivity contribution < 1.29 is 9.47 Å². The van der Waals surface area contributed by atoms with E-state index < -0.39 is 0 Å². The van der Waals surface area contributed by atoms with Gasteiger partial charge in [-0.2, -0.15) is 0 Å². The quantitative estimate of drug-likeness (QED) is 0.564. The zero-order valence-corrected chi connectivity index (χ0v) is 8.80. The second-order valence-electron chi connectivity index (χ2n) is 5.34. The van der Waals surface area contributed by atoms with Crippen LogP contribution in [0.25, 0.3) is 0 Å². The molecule has 76 valence electrons. The van der Waals surface area contributed by atoms with Gasteiger partial charge in [0.2, 0.25) is 0 Å². The summed E-state index contributed by atoms with van der Waals surface area (Å²) in [7, 11) is 0. The first-order valence-corrected chi connectivity index (χ1v) is 4.92. The van der Waals surface area contributed by atoms with Crippen molar-refractivity contribution in [2.45, 2.75) is 26.3 Å². The Balaban J connectivity index is 1.88. The van der Waals surface area contributed by atoms with Gasteiger partial charge >= 0.3 is 0 Å². The maximum atomic E-state index is 5.34. The first-order valence-electron chi connectivity index (χ1n) is 4.92. The predicted octanol–water partition coefficient (Wildman–Crippen LogP) is 1.09. The second-order valence-corrected chi connectivity index (χ2v) is 5.34. The highest BCUT2D eigenvalue weighted by Gasteiger charge is 2.48. The summed E-state index contributed by atoms with van der Waals surface area (Å²) in [4.78, 5) is 2.48. The molecule has 0 aromatic heterocycles. The van der Waals surface area contributed by atoms with Crippen LogP contribution in [0.3, 0.4) is 0 Å². The van der Waals surface area contributed by atoms with E-state index >= 15 is 0 Å². The van der Waals surface area contributed by atoms with E-state index in [1.165, 1.54) is 0 Å². The van der Waals surface area contributed by atoms with Gasteiger partial charge in [-0.05, 0) is 20.8 Å². The largest absolute Gasteiger partial charge is 0.355 e. The van der Waals surface area contributed by atoms with Gasteiger partial charge in [0.25, 0.3) is 0 Å². The fourth-order valence-electron chi connectivity index (χ4n) is 2.04. The van der Waals surface area contributed by atoms with E-state index in [9.17, 15) is 0 Å². The Labute approximate surface area is 80.0 Å². The number of nitrogens with zero attached hydrogens (tertiary/aromatic N) is 1. The van der Waals surface area contributed by atoms with Crippen LogP contribution < -0.4 is 0 Å². The Kier molecular flexibility index (Phi) is 2.13. The van der Waals surface area contributed by atoms with Gasteiger partial charge in [0, 0.05) is 24.0 Å². The molecule has 0 saturated carbocycles. The molecule has 0 N–H and O–H groups in total. The third kappa shape index (κ3) is 1.73. The van der Waals surface area contributed by atoms with Crippen LogP contribution in [0, 0.1) is 5.41 Å². The van der Waals surface area contributed by atoms with Gasteiger partial charge < -0.3 is 9.47 Å². The summed E-state index contributed by atoms with van der Waals surface area (Å²) in [5, 5.41) is 0. The summed E-state index contributed by atoms with van der Waals surface area (Å²) in [5.74, 6) is 0. The molecule has 0 unspecified atom stereocenters. The van der Waals surface area contributed by atoms with Crippen molar-refractivity contribution in [1.82, 2.24) is 4.90 Å². The molecule has 0 bridgehead atoms. The Hall–Kier alpha value is -0.120. The van der Waals surface area contributed by atoms with Crippen LogP contribution in [0.15, 0.2) is 0 Å². The molecular formula is C10H19NO2. The molecule has 0 amide bonds. The van der Waals surface area contributed by atoms with Gasteiger partial charge in [-0.25, -0.2) is 0 Å². The minimum atomic E-state index is 0.294. The molecule has 0 aromatic rings. The smallest absolute Gasteiger partial charge is 0.146 e. The maximum Gasteiger partial charge on any atom is 0.146 e. The molecule has 0 radical (unpaired) electrons. The minimum absolute atomic E-state index is 0.294. The molecule has 0 atom stereocenters. The van der Waals surface area contributed by atoms with Gasteiger partial charge in [0.1, 0.15) is 6.79 Å². The normalized spacial score (nSPS) is 28.8. The average molecular weight is 185 g/mol. The number of hydrogen-bond donors (Lipinski definition) is 0. The zero-order chi connectivity index (χ0) is 9.53. The van der Waals surface area contributed by atoms with Crippen LogP contribution in [0.2, 0.25) is 0 Å². The molecule has 13 heavy (non-hydrogen) atoms. The summed E-state index contributed by atoms with van der Waals surface area (Å²) >= 11 is 0. The lowest BCUT2D eigenvalue weighted by Gasteiger charge is -2.56. The molecule has 2 aliphatic rings. The van der Waals surface area contributed by atoms with E-state index in [0.717, 1.165) is 26.3 Å². The fraction of sp³-hybridized carbons (Fsp3) is 1.00. The van der Waals surface area contributed by atoms with Gasteiger partial charge in [-0.1, -0.05) is 0 Å². The molecule has 2 heterocycles. The molecule has 2 fully saturated rings. The summed E-state index contributed by atoms with van der Waals surface area (Å²) < 4.78 is 10.7. The van der Waals surface area contributed by atoms with Crippen molar-refractivity contribution in [3.05, 3.63) is 0 Å². The van der Waals surface area contributed by atoms with E-state index in [2.05, 4.69) is 25.7 Å². The van der Waals surface area contributed by atoms with Crippen LogP contribution >= 0.6 is 0 Å². The molecule has 3 heteroatoms. The van der Waals surface area contributed by atoms with Crippen LogP contribution in [0.4, 0.5) is 0 Å². The number of rotatable bonds is 0. The van der Waals surface area contributed by atoms with Crippen LogP contribution in [0.5, 0.6) is 0 Å². The zero-order valence-electron chi connectivity index (χ0n) is 8.80. The number of hydrogen-bond acceptors (Lipinski definition) is 3. The average Bonchev–Trinajstić information content (AvgIpc) is 2.00. The lowest BCUT2D eigenvalue weighted by atomic mass is 9.78. The molecule has 2 rings (SSSR count). The standard InChI is InChI=1S/C10H19NO2/c1-9(2,3)11-4-10(5-11)6-12-8-13-7-10/h4-8H2,1-3H3. The van der Waals surface area contributed by atoms with Crippen LogP contribution in [-0.4, -0.2) is 43.5 Å². The van der Waals surface area contributed by atoms with Crippen LogP contribution in [0.1, 0.15) is 20.8 Å². The Morgan fingerprint density at radius 2 is 1.62 bits per heavy atom. The molecule has 2 saturated heterocycles. The van der Waals surface area contributed by atoms with E-state index in [-0.39, 0.29) is 0 Å². The van der Waals surface area contributed by atoms with Crippen molar-refractivity contribution in [2.75, 3.05) is 33.1 Å². The predicted molar refractivity (Wildman–Crippen MR) is 50.5 cm³/mol. The van der Waals surface area contributed by atoms with Gasteiger partial charge in [-0.15, -0.1) is 0 Å². The lowest BCUT2D eigenvalue weighted by Crippen LogP contribution is -2.67. The van der Waals surface area contributed by atoms with Crippen molar-refractivity contribution in [3.8, 4) is 0 Å². The van der Waals surface area contributed by atoms with Gasteiger partial charge in [0.05, 0.1) is 13.2 Å². The Morgan fingerprint density at radius 3 is 2.08 bits per heavy atom. The maximum absolute atomic E-state index is 5.34. The first kappa shape index (κ1) is 9.44. The molecule has 0 aromatic carbocycles. The Bertz CT molecular complexity index is 184. The molecular weight excluding hydrogens is 166 g/mol. The third-order valence-electron chi connectivity index (χ3n) is 2.98. The highest BCUT2D eigenvalue weighted by molar-refractivity contribution is 5.00. The highest BCUT2D eigenvalue weighted by Crippen LogP contribution is 2.37. The highest BCUT2D eigenvalue weighted by atomic mass is 16.7. The molecule has 1 spiro atoms. The summed E-state index contributed by atoms with van der Waals surface area (Å²) in [6.45, 7) is 11.2. The van der Waals surface area contributed by atoms with E-state index in [1.54, 1.807) is 0 Å². The van der Waals surface area contributed by atoms with E-state index in [1.807, 2.05) is 0 Å². The first-order chi connectivity index (χ1) is 6.02. The third-order valence-corrected chi connectivity index (χ3v) is 2.98. The molecule has 2 aliphatic heterocycles. The van der Waals surface area contributed by atoms with Crippen molar-refractivity contribution >= 4 is 0 Å². The SMILES string of the molecule is CC(C)(C)N1CC2(COCOC2)C1. The van der Waals surface area contributed by atoms with E-state index in [0.29, 0.717) is 17.7 Å². The van der Waals surface area contributed by atoms with Gasteiger partial charge in [-0.3, -0.25) is 4.90 Å². The molecule has 0 aliphatic carbocycles. The summed E-state index contributed by atoms with van der Waals surface area (Å²) in [5.41, 5.74) is 0.605. The Morgan fingerprint density at radius 1 is 1.08 bits per heavy atom. The summed E-state index contributed by atoms with van der Waals surface area (Å²) in [6.07, 6.45) is 0. The summed E-state index contributed by atoms with van der Waals surface area (Å²) in [6, 6.07) is 0. The number of ether oxygens (including phenoxy) is 2. The van der Waals surface area contributed by atoms with E-state index in [4.69, 9.17) is 9.47 Å². The number of likely N-dealkylation sites (tertiary alicyclic amines) is 1. The monoisotopic (exact) mass is 185 g/mol. The minimum Gasteiger partial charge on any atom is -0.355 e. The van der Waals surface area contributed by atoms with Crippen molar-refractivity contribution in [1.29, 1.82) is 0 Å². The van der Waals surface area contributed by atoms with Gasteiger partial charge in [0.15, 0.2) is 0 Å². The fourth-order valence-corrected chi connectivity index (χ4v) is 2.04. The van der Waals surface area contributed by atoms with Crippen LogP contribution in [-0.2, 0) is 9.47 Å². The lowest BCUT2D eigenvalue weighted by molar-refractivity contribution is -0.218. The molecule has 3 nitrogen and oxygen atoms in total. The van der Waals surface area contributed by atoms with Crippen molar-refractivity contribution in [3.63, 3.8) is 0 Å². The topological polar surface area (TPSA) is 21.7 Å².